The van der Waals surface area contributed by atoms with E-state index in [2.05, 4.69) is 20.2 Å². The monoisotopic (exact) mass is 388 g/mol. The van der Waals surface area contributed by atoms with Crippen LogP contribution < -0.4 is 10.2 Å². The maximum Gasteiger partial charge on any atom is 0.410 e. The van der Waals surface area contributed by atoms with Gasteiger partial charge >= 0.3 is 12.1 Å². The minimum atomic E-state index is -0.535. The highest BCUT2D eigenvalue weighted by molar-refractivity contribution is 5.76. The van der Waals surface area contributed by atoms with Gasteiger partial charge < -0.3 is 19.9 Å². The largest absolute Gasteiger partial charge is 0.440 e. The number of aromatic nitrogens is 2. The van der Waals surface area contributed by atoms with Gasteiger partial charge in [-0.3, -0.25) is 4.90 Å². The summed E-state index contributed by atoms with van der Waals surface area (Å²) >= 11 is 0. The number of anilines is 1. The maximum atomic E-state index is 12.5. The van der Waals surface area contributed by atoms with E-state index in [1.54, 1.807) is 6.20 Å². The van der Waals surface area contributed by atoms with Crippen LogP contribution in [-0.2, 0) is 4.74 Å². The molecule has 3 saturated heterocycles. The van der Waals surface area contributed by atoms with Gasteiger partial charge in [0.15, 0.2) is 0 Å². The Balaban J connectivity index is 1.47. The topological polar surface area (TPSA) is 90.9 Å². The zero-order valence-electron chi connectivity index (χ0n) is 16.7. The van der Waals surface area contributed by atoms with Crippen molar-refractivity contribution in [2.24, 2.45) is 0 Å². The first-order valence-electron chi connectivity index (χ1n) is 9.98. The van der Waals surface area contributed by atoms with E-state index in [0.717, 1.165) is 37.6 Å². The fourth-order valence-electron chi connectivity index (χ4n) is 4.44. The summed E-state index contributed by atoms with van der Waals surface area (Å²) in [7, 11) is 0. The number of nitrogens with zero attached hydrogens (tertiary/aromatic N) is 5. The van der Waals surface area contributed by atoms with Crippen LogP contribution in [0.4, 0.5) is 15.4 Å². The molecule has 152 valence electrons. The van der Waals surface area contributed by atoms with Gasteiger partial charge in [0.25, 0.3) is 0 Å². The van der Waals surface area contributed by atoms with Gasteiger partial charge in [0.2, 0.25) is 0 Å². The summed E-state index contributed by atoms with van der Waals surface area (Å²) in [6, 6.07) is 1.83. The second kappa shape index (κ2) is 7.10. The lowest BCUT2D eigenvalue weighted by atomic mass is 9.83. The number of aryl methyl sites for hydroxylation is 1. The fourth-order valence-corrected chi connectivity index (χ4v) is 4.44. The number of piperazine rings is 1. The van der Waals surface area contributed by atoms with Crippen LogP contribution in [0.3, 0.4) is 0 Å². The molecule has 0 saturated carbocycles. The lowest BCUT2D eigenvalue weighted by Crippen LogP contribution is -2.62. The Bertz CT molecular complexity index is 762. The second-order valence-electron chi connectivity index (χ2n) is 8.14. The van der Waals surface area contributed by atoms with Gasteiger partial charge in [-0.05, 0) is 26.8 Å². The molecule has 3 aliphatic rings. The van der Waals surface area contributed by atoms with Crippen LogP contribution in [0.2, 0.25) is 0 Å². The van der Waals surface area contributed by atoms with Crippen LogP contribution in [0.15, 0.2) is 12.3 Å². The predicted molar refractivity (Wildman–Crippen MR) is 103 cm³/mol. The van der Waals surface area contributed by atoms with Gasteiger partial charge in [0.05, 0.1) is 6.04 Å². The third-order valence-electron chi connectivity index (χ3n) is 5.91. The second-order valence-corrected chi connectivity index (χ2v) is 8.14. The predicted octanol–water partition coefficient (Wildman–Crippen LogP) is 1.38. The van der Waals surface area contributed by atoms with Crippen molar-refractivity contribution in [2.45, 2.75) is 51.3 Å². The molecule has 3 fully saturated rings. The van der Waals surface area contributed by atoms with Crippen LogP contribution in [0.1, 0.15) is 32.5 Å². The molecule has 0 aliphatic carbocycles. The van der Waals surface area contributed by atoms with E-state index in [0.29, 0.717) is 19.6 Å². The number of piperidine rings is 1. The summed E-state index contributed by atoms with van der Waals surface area (Å²) in [5, 5.41) is 2.95. The van der Waals surface area contributed by atoms with Crippen LogP contribution in [-0.4, -0.2) is 82.3 Å². The minimum Gasteiger partial charge on any atom is -0.440 e. The molecule has 1 atom stereocenters. The number of ether oxygens (including phenoxy) is 1. The van der Waals surface area contributed by atoms with E-state index in [9.17, 15) is 9.59 Å². The Labute approximate surface area is 165 Å². The van der Waals surface area contributed by atoms with Crippen molar-refractivity contribution in [3.8, 4) is 0 Å². The lowest BCUT2D eigenvalue weighted by Gasteiger charge is -2.45. The molecule has 28 heavy (non-hydrogen) atoms. The quantitative estimate of drug-likeness (QED) is 0.823. The van der Waals surface area contributed by atoms with E-state index < -0.39 is 5.60 Å². The number of carbonyl (C=O) groups excluding carboxylic acids is 2. The van der Waals surface area contributed by atoms with Gasteiger partial charge in [0, 0.05) is 57.8 Å². The number of hydrogen-bond donors (Lipinski definition) is 1. The van der Waals surface area contributed by atoms with E-state index in [1.165, 1.54) is 0 Å². The lowest BCUT2D eigenvalue weighted by molar-refractivity contribution is 0.0000412. The molecule has 1 spiro atoms. The molecule has 9 heteroatoms. The number of nitrogens with one attached hydrogen (secondary N) is 1. The summed E-state index contributed by atoms with van der Waals surface area (Å²) in [6.45, 7) is 8.85. The van der Waals surface area contributed by atoms with Crippen molar-refractivity contribution >= 4 is 17.9 Å². The summed E-state index contributed by atoms with van der Waals surface area (Å²) in [4.78, 5) is 39.4. The third-order valence-corrected chi connectivity index (χ3v) is 5.91. The molecule has 1 aromatic rings. The average molecular weight is 388 g/mol. The first-order chi connectivity index (χ1) is 13.4. The van der Waals surface area contributed by atoms with Gasteiger partial charge in [-0.1, -0.05) is 0 Å². The summed E-state index contributed by atoms with van der Waals surface area (Å²) in [5.41, 5.74) is -0.535. The van der Waals surface area contributed by atoms with Crippen molar-refractivity contribution < 1.29 is 14.3 Å². The third kappa shape index (κ3) is 3.33. The zero-order valence-corrected chi connectivity index (χ0v) is 16.7. The molecule has 0 radical (unpaired) electrons. The Morgan fingerprint density at radius 1 is 1.29 bits per heavy atom. The van der Waals surface area contributed by atoms with Gasteiger partial charge in [0.1, 0.15) is 17.2 Å². The first-order valence-corrected chi connectivity index (χ1v) is 9.98. The molecule has 9 nitrogen and oxygen atoms in total. The molecule has 0 aromatic carbocycles. The summed E-state index contributed by atoms with van der Waals surface area (Å²) in [6.07, 6.45) is 2.97. The zero-order chi connectivity index (χ0) is 19.9. The summed E-state index contributed by atoms with van der Waals surface area (Å²) < 4.78 is 5.92. The average Bonchev–Trinajstić information content (AvgIpc) is 2.93. The van der Waals surface area contributed by atoms with E-state index in [4.69, 9.17) is 4.74 Å². The number of urea groups is 1. The Morgan fingerprint density at radius 2 is 2.04 bits per heavy atom. The Kier molecular flexibility index (Phi) is 4.76. The molecule has 1 unspecified atom stereocenters. The van der Waals surface area contributed by atoms with Crippen molar-refractivity contribution in [1.29, 1.82) is 0 Å². The molecular weight excluding hydrogens is 360 g/mol. The first kappa shape index (κ1) is 18.8. The molecule has 4 heterocycles. The van der Waals surface area contributed by atoms with Crippen molar-refractivity contribution in [1.82, 2.24) is 25.1 Å². The van der Waals surface area contributed by atoms with Gasteiger partial charge in [-0.25, -0.2) is 19.6 Å². The summed E-state index contributed by atoms with van der Waals surface area (Å²) in [5.74, 6) is 1.65. The number of fused-ring (bicyclic) bond motifs is 2. The van der Waals surface area contributed by atoms with Crippen LogP contribution in [0, 0.1) is 6.92 Å². The SMILES string of the molecule is Cc1nccc(N2CCC3(CC2)OC(=O)N2CCN(C(=O)NC(C)C)CC23)n1. The Hall–Kier alpha value is -2.58. The van der Waals surface area contributed by atoms with Crippen molar-refractivity contribution in [2.75, 3.05) is 37.6 Å². The highest BCUT2D eigenvalue weighted by Gasteiger charge is 2.57. The molecule has 0 bridgehead atoms. The molecule has 4 rings (SSSR count). The smallest absolute Gasteiger partial charge is 0.410 e. The highest BCUT2D eigenvalue weighted by atomic mass is 16.6. The number of rotatable bonds is 2. The van der Waals surface area contributed by atoms with Gasteiger partial charge in [-0.2, -0.15) is 0 Å². The number of amides is 3. The molecule has 3 aliphatic heterocycles. The minimum absolute atomic E-state index is 0.0713. The van der Waals surface area contributed by atoms with Crippen LogP contribution in [0.5, 0.6) is 0 Å². The Morgan fingerprint density at radius 3 is 2.71 bits per heavy atom. The standard InChI is InChI=1S/C19H28N6O3/c1-13(2)21-17(26)24-10-11-25-15(12-24)19(28-18(25)27)5-8-23(9-6-19)16-4-7-20-14(3)22-16/h4,7,13,15H,5-6,8-12H2,1-3H3,(H,21,26). The molecular formula is C19H28N6O3. The van der Waals surface area contributed by atoms with E-state index >= 15 is 0 Å². The molecule has 1 N–H and O–H groups in total. The highest BCUT2D eigenvalue weighted by Crippen LogP contribution is 2.40. The van der Waals surface area contributed by atoms with Crippen LogP contribution >= 0.6 is 0 Å². The van der Waals surface area contributed by atoms with E-state index in [-0.39, 0.29) is 24.2 Å². The van der Waals surface area contributed by atoms with Gasteiger partial charge in [-0.15, -0.1) is 0 Å². The van der Waals surface area contributed by atoms with Crippen LogP contribution in [0.25, 0.3) is 0 Å². The molecule has 3 amide bonds. The van der Waals surface area contributed by atoms with E-state index in [1.807, 2.05) is 36.6 Å². The maximum absolute atomic E-state index is 12.5. The number of carbonyl (C=O) groups is 2. The van der Waals surface area contributed by atoms with Crippen molar-refractivity contribution in [3.63, 3.8) is 0 Å². The fraction of sp³-hybridized carbons (Fsp3) is 0.684. The molecule has 1 aromatic heterocycles. The van der Waals surface area contributed by atoms with Crippen molar-refractivity contribution in [3.05, 3.63) is 18.1 Å². The number of hydrogen-bond acceptors (Lipinski definition) is 6. The normalized spacial score (nSPS) is 23.8.